The second-order valence-corrected chi connectivity index (χ2v) is 33.4. The maximum Gasteiger partial charge on any atom is 0.472 e. The first-order valence-corrected chi connectivity index (χ1v) is 46.7. The van der Waals surface area contributed by atoms with Crippen LogP contribution in [0.4, 0.5) is 0 Å². The van der Waals surface area contributed by atoms with Gasteiger partial charge in [0, 0.05) is 25.7 Å². The van der Waals surface area contributed by atoms with E-state index in [4.69, 9.17) is 37.0 Å². The van der Waals surface area contributed by atoms with Gasteiger partial charge in [-0.15, -0.1) is 0 Å². The van der Waals surface area contributed by atoms with E-state index in [0.29, 0.717) is 25.7 Å². The quantitative estimate of drug-likeness (QED) is 0.0222. The van der Waals surface area contributed by atoms with Gasteiger partial charge in [0.25, 0.3) is 0 Å². The summed E-state index contributed by atoms with van der Waals surface area (Å²) in [5, 5.41) is 10.7. The minimum absolute atomic E-state index is 0.107. The number of aliphatic hydroxyl groups excluding tert-OH is 1. The van der Waals surface area contributed by atoms with E-state index >= 15 is 0 Å². The number of ether oxygens (including phenoxy) is 4. The van der Waals surface area contributed by atoms with E-state index in [1.165, 1.54) is 276 Å². The van der Waals surface area contributed by atoms with Crippen molar-refractivity contribution >= 4 is 39.5 Å². The predicted molar refractivity (Wildman–Crippen MR) is 423 cm³/mol. The molecule has 0 rings (SSSR count). The summed E-state index contributed by atoms with van der Waals surface area (Å²) in [5.74, 6) is -1.30. The Kier molecular flexibility index (Phi) is 75.4. The van der Waals surface area contributed by atoms with Crippen molar-refractivity contribution in [3.8, 4) is 0 Å². The molecule has 0 fully saturated rings. The summed E-state index contributed by atoms with van der Waals surface area (Å²) < 4.78 is 68.8. The molecule has 19 heteroatoms. The topological polar surface area (TPSA) is 237 Å². The highest BCUT2D eigenvalue weighted by Gasteiger charge is 2.30. The number of hydrogen-bond acceptors (Lipinski definition) is 15. The van der Waals surface area contributed by atoms with E-state index in [0.717, 1.165) is 95.8 Å². The number of phosphoric acid groups is 2. The monoisotopic (exact) mass is 1510 g/mol. The lowest BCUT2D eigenvalue weighted by Gasteiger charge is -2.21. The number of esters is 4. The van der Waals surface area contributed by atoms with Crippen molar-refractivity contribution < 1.29 is 80.2 Å². The Hall–Kier alpha value is -1.94. The van der Waals surface area contributed by atoms with Gasteiger partial charge in [0.2, 0.25) is 0 Å². The van der Waals surface area contributed by atoms with Crippen LogP contribution in [-0.4, -0.2) is 96.7 Å². The third kappa shape index (κ3) is 76.6. The number of carbonyl (C=O) groups excluding carboxylic acids is 4. The molecule has 0 radical (unpaired) electrons. The highest BCUT2D eigenvalue weighted by Crippen LogP contribution is 2.45. The molecule has 0 saturated carbocycles. The zero-order chi connectivity index (χ0) is 75.5. The Morgan fingerprint density at radius 2 is 0.466 bits per heavy atom. The smallest absolute Gasteiger partial charge is 0.462 e. The van der Waals surface area contributed by atoms with Gasteiger partial charge < -0.3 is 33.8 Å². The van der Waals surface area contributed by atoms with Crippen LogP contribution in [0.25, 0.3) is 0 Å². The van der Waals surface area contributed by atoms with Gasteiger partial charge in [-0.3, -0.25) is 37.3 Å². The average Bonchev–Trinajstić information content (AvgIpc) is 0.915. The number of phosphoric ester groups is 2. The van der Waals surface area contributed by atoms with Crippen LogP contribution in [0.1, 0.15) is 452 Å². The van der Waals surface area contributed by atoms with Crippen molar-refractivity contribution in [2.75, 3.05) is 39.6 Å². The molecule has 103 heavy (non-hydrogen) atoms. The standard InChI is InChI=1S/C84H164O17P2/c1-6-10-13-16-19-22-25-27-29-31-32-33-34-35-36-38-40-43-49-54-59-64-69-83(88)100-79(74-95-82(87)68-63-58-53-48-42-39-37-30-28-26-23-20-17-14-11-7-2)75-98-102(90,91)96-71-78(85)72-97-103(92,93)99-76-80(73-94-81(86)67-62-57-52-47-41-24-21-18-15-12-8-3)101-84(89)70-65-60-55-50-45-44-46-51-56-61-66-77(5)9-4/h77-80,85H,6-76H2,1-5H3,(H,90,91)(H,92,93)/t77?,78-,79-,80-/m1/s1. The summed E-state index contributed by atoms with van der Waals surface area (Å²) in [6, 6.07) is 0. The Labute approximate surface area is 632 Å². The third-order valence-electron chi connectivity index (χ3n) is 20.1. The molecule has 17 nitrogen and oxygen atoms in total. The van der Waals surface area contributed by atoms with Crippen molar-refractivity contribution in [2.45, 2.75) is 470 Å². The molecule has 0 saturated heterocycles. The molecule has 0 aromatic rings. The number of unbranched alkanes of at least 4 members (excludes halogenated alkanes) is 55. The molecule has 0 amide bonds. The van der Waals surface area contributed by atoms with Crippen LogP contribution in [0.2, 0.25) is 0 Å². The Morgan fingerprint density at radius 1 is 0.272 bits per heavy atom. The van der Waals surface area contributed by atoms with Gasteiger partial charge in [-0.2, -0.15) is 0 Å². The SMILES string of the molecule is CCCCCCCCCCCCCCCCCCCCCCCCC(=O)O[C@H](COC(=O)CCCCCCCCCCCCCCCCCC)COP(=O)(O)OC[C@@H](O)COP(=O)(O)OC[C@@H](COC(=O)CCCCCCCCCCCCC)OC(=O)CCCCCCCCCCCCC(C)CC. The number of rotatable bonds is 84. The average molecular weight is 1510 g/mol. The van der Waals surface area contributed by atoms with Crippen molar-refractivity contribution in [1.29, 1.82) is 0 Å². The lowest BCUT2D eigenvalue weighted by atomic mass is 9.99. The first kappa shape index (κ1) is 101. The lowest BCUT2D eigenvalue weighted by Crippen LogP contribution is -2.30. The van der Waals surface area contributed by atoms with E-state index in [2.05, 4.69) is 34.6 Å². The highest BCUT2D eigenvalue weighted by molar-refractivity contribution is 7.47. The van der Waals surface area contributed by atoms with Crippen molar-refractivity contribution in [3.63, 3.8) is 0 Å². The molecule has 0 heterocycles. The van der Waals surface area contributed by atoms with Crippen LogP contribution in [0, 0.1) is 5.92 Å². The highest BCUT2D eigenvalue weighted by atomic mass is 31.2. The van der Waals surface area contributed by atoms with Crippen LogP contribution in [0.15, 0.2) is 0 Å². The minimum Gasteiger partial charge on any atom is -0.462 e. The van der Waals surface area contributed by atoms with E-state index in [1.54, 1.807) is 0 Å². The molecular formula is C84H164O17P2. The van der Waals surface area contributed by atoms with Crippen LogP contribution >= 0.6 is 15.6 Å². The number of aliphatic hydroxyl groups is 1. The maximum atomic E-state index is 13.1. The molecular weight excluding hydrogens is 1340 g/mol. The number of hydrogen-bond donors (Lipinski definition) is 3. The molecule has 0 aliphatic carbocycles. The first-order chi connectivity index (χ1) is 50.1. The second-order valence-electron chi connectivity index (χ2n) is 30.5. The van der Waals surface area contributed by atoms with Crippen molar-refractivity contribution in [3.05, 3.63) is 0 Å². The Balaban J connectivity index is 5.22. The van der Waals surface area contributed by atoms with E-state index in [1.807, 2.05) is 0 Å². The van der Waals surface area contributed by atoms with Crippen LogP contribution in [0.5, 0.6) is 0 Å². The zero-order valence-electron chi connectivity index (χ0n) is 67.5. The summed E-state index contributed by atoms with van der Waals surface area (Å²) in [4.78, 5) is 73.1. The normalized spacial score (nSPS) is 14.1. The largest absolute Gasteiger partial charge is 0.472 e. The molecule has 0 aromatic carbocycles. The third-order valence-corrected chi connectivity index (χ3v) is 22.0. The molecule has 6 atom stereocenters. The zero-order valence-corrected chi connectivity index (χ0v) is 69.3. The van der Waals surface area contributed by atoms with E-state index in [-0.39, 0.29) is 25.7 Å². The fourth-order valence-electron chi connectivity index (χ4n) is 13.1. The maximum absolute atomic E-state index is 13.1. The van der Waals surface area contributed by atoms with Gasteiger partial charge in [0.05, 0.1) is 26.4 Å². The van der Waals surface area contributed by atoms with Crippen LogP contribution in [-0.2, 0) is 65.4 Å². The molecule has 0 spiro atoms. The van der Waals surface area contributed by atoms with E-state index in [9.17, 15) is 43.2 Å². The van der Waals surface area contributed by atoms with Gasteiger partial charge in [0.15, 0.2) is 12.2 Å². The summed E-state index contributed by atoms with van der Waals surface area (Å²) in [6.45, 7) is 7.37. The molecule has 0 aliphatic rings. The van der Waals surface area contributed by atoms with Gasteiger partial charge in [-0.05, 0) is 31.6 Å². The summed E-state index contributed by atoms with van der Waals surface area (Å²) >= 11 is 0. The van der Waals surface area contributed by atoms with E-state index < -0.39 is 97.5 Å². The minimum atomic E-state index is -4.96. The molecule has 612 valence electrons. The fourth-order valence-corrected chi connectivity index (χ4v) is 14.7. The Morgan fingerprint density at radius 3 is 0.689 bits per heavy atom. The molecule has 0 aliphatic heterocycles. The summed E-state index contributed by atoms with van der Waals surface area (Å²) in [7, 11) is -9.92. The summed E-state index contributed by atoms with van der Waals surface area (Å²) in [6.07, 6.45) is 69.4. The second kappa shape index (κ2) is 76.8. The Bertz CT molecular complexity index is 1960. The first-order valence-electron chi connectivity index (χ1n) is 43.7. The summed E-state index contributed by atoms with van der Waals surface area (Å²) in [5.41, 5.74) is 0. The van der Waals surface area contributed by atoms with Crippen LogP contribution in [0.3, 0.4) is 0 Å². The fraction of sp³-hybridized carbons (Fsp3) is 0.952. The lowest BCUT2D eigenvalue weighted by molar-refractivity contribution is -0.161. The number of carbonyl (C=O) groups is 4. The molecule has 0 bridgehead atoms. The van der Waals surface area contributed by atoms with Gasteiger partial charge in [-0.1, -0.05) is 401 Å². The predicted octanol–water partition coefficient (Wildman–Crippen LogP) is 25.6. The van der Waals surface area contributed by atoms with Gasteiger partial charge >= 0.3 is 39.5 Å². The van der Waals surface area contributed by atoms with Gasteiger partial charge in [0.1, 0.15) is 19.3 Å². The van der Waals surface area contributed by atoms with Crippen LogP contribution < -0.4 is 0 Å². The molecule has 0 aromatic heterocycles. The van der Waals surface area contributed by atoms with Crippen molar-refractivity contribution in [2.24, 2.45) is 5.92 Å². The van der Waals surface area contributed by atoms with Gasteiger partial charge in [-0.25, -0.2) is 9.13 Å². The van der Waals surface area contributed by atoms with Crippen molar-refractivity contribution in [1.82, 2.24) is 0 Å². The molecule has 3 unspecified atom stereocenters. The molecule has 3 N–H and O–H groups in total.